The van der Waals surface area contributed by atoms with E-state index in [0.717, 1.165) is 0 Å². The Hall–Kier alpha value is -3.93. The normalized spacial score (nSPS) is 14.8. The number of carbonyl (C=O) groups excluding carboxylic acids is 2. The number of ether oxygens (including phenoxy) is 1. The fourth-order valence-corrected chi connectivity index (χ4v) is 4.52. The monoisotopic (exact) mass is 556 g/mol. The summed E-state index contributed by atoms with van der Waals surface area (Å²) in [7, 11) is 0. The molecule has 0 radical (unpaired) electrons. The molecule has 1 aliphatic rings. The highest BCUT2D eigenvalue weighted by molar-refractivity contribution is 6.35. The van der Waals surface area contributed by atoms with Crippen molar-refractivity contribution in [3.8, 4) is 0 Å². The van der Waals surface area contributed by atoms with E-state index in [0.29, 0.717) is 48.9 Å². The number of hydrogen-bond acceptors (Lipinski definition) is 9. The molecule has 0 saturated carbocycles. The fourth-order valence-electron chi connectivity index (χ4n) is 4.27. The van der Waals surface area contributed by atoms with Crippen molar-refractivity contribution in [3.05, 3.63) is 56.5 Å². The quantitative estimate of drug-likeness (QED) is 0.494. The molecule has 12 nitrogen and oxygen atoms in total. The van der Waals surface area contributed by atoms with Crippen molar-refractivity contribution in [3.63, 3.8) is 0 Å². The van der Waals surface area contributed by atoms with Gasteiger partial charge >= 0.3 is 6.09 Å². The number of piperazine rings is 1. The van der Waals surface area contributed by atoms with Crippen LogP contribution < -0.4 is 21.6 Å². The van der Waals surface area contributed by atoms with E-state index < -0.39 is 23.6 Å². The third kappa shape index (κ3) is 5.90. The summed E-state index contributed by atoms with van der Waals surface area (Å²) in [5.74, 6) is -0.238. The van der Waals surface area contributed by atoms with E-state index in [1.54, 1.807) is 48.9 Å². The molecule has 0 aliphatic carbocycles. The number of amides is 2. The van der Waals surface area contributed by atoms with E-state index >= 15 is 0 Å². The summed E-state index contributed by atoms with van der Waals surface area (Å²) in [5.41, 5.74) is 6.59. The Morgan fingerprint density at radius 1 is 1.08 bits per heavy atom. The SMILES string of the molecule is Cc1nc(N)c(C(=O)NC(C)c2nc3cccc(Cl)c3c(=O)n2N2CCN(C(=O)OC(C)(C)C)CC2)nc1C. The number of nitrogen functional groups attached to an aromatic ring is 1. The zero-order valence-corrected chi connectivity index (χ0v) is 23.7. The van der Waals surface area contributed by atoms with E-state index in [2.05, 4.69) is 15.3 Å². The van der Waals surface area contributed by atoms with Crippen LogP contribution in [0.4, 0.5) is 10.6 Å². The second-order valence-electron chi connectivity index (χ2n) is 10.5. The molecular weight excluding hydrogens is 524 g/mol. The summed E-state index contributed by atoms with van der Waals surface area (Å²) in [4.78, 5) is 54.3. The van der Waals surface area contributed by atoms with Gasteiger partial charge in [-0.05, 0) is 53.7 Å². The number of nitrogens with one attached hydrogen (secondary N) is 1. The second kappa shape index (κ2) is 10.7. The third-order valence-corrected chi connectivity index (χ3v) is 6.64. The number of aromatic nitrogens is 4. The van der Waals surface area contributed by atoms with E-state index in [1.807, 2.05) is 20.8 Å². The van der Waals surface area contributed by atoms with Gasteiger partial charge < -0.3 is 25.7 Å². The highest BCUT2D eigenvalue weighted by atomic mass is 35.5. The lowest BCUT2D eigenvalue weighted by Crippen LogP contribution is -2.57. The first kappa shape index (κ1) is 28.1. The van der Waals surface area contributed by atoms with Gasteiger partial charge in [-0.3, -0.25) is 9.59 Å². The number of nitrogens with two attached hydrogens (primary N) is 1. The maximum atomic E-state index is 13.8. The van der Waals surface area contributed by atoms with E-state index in [9.17, 15) is 14.4 Å². The number of anilines is 1. The Morgan fingerprint density at radius 3 is 2.36 bits per heavy atom. The molecule has 1 saturated heterocycles. The average molecular weight is 557 g/mol. The van der Waals surface area contributed by atoms with Gasteiger partial charge in [-0.1, -0.05) is 17.7 Å². The molecule has 13 heteroatoms. The first-order valence-corrected chi connectivity index (χ1v) is 13.0. The van der Waals surface area contributed by atoms with Gasteiger partial charge in [0.1, 0.15) is 5.60 Å². The standard InChI is InChI=1S/C26H33ClN8O4/c1-14-15(2)30-21(28)20(29-14)23(36)31-16(3)22-32-18-9-7-8-17(27)19(18)24(37)35(22)34-12-10-33(11-13-34)25(38)39-26(4,5)6/h7-9,16H,10-13H2,1-6H3,(H2,28,30)(H,31,36). The Bertz CT molecular complexity index is 1490. The number of carbonyl (C=O) groups is 2. The minimum Gasteiger partial charge on any atom is -0.444 e. The molecule has 3 heterocycles. The van der Waals surface area contributed by atoms with Crippen LogP contribution in [0, 0.1) is 13.8 Å². The number of halogens is 1. The molecule has 1 unspecified atom stereocenters. The minimum absolute atomic E-state index is 0.00587. The maximum Gasteiger partial charge on any atom is 0.410 e. The van der Waals surface area contributed by atoms with Crippen LogP contribution in [0.3, 0.4) is 0 Å². The molecule has 1 fully saturated rings. The Morgan fingerprint density at radius 2 is 1.72 bits per heavy atom. The number of aryl methyl sites for hydroxylation is 2. The number of nitrogens with zero attached hydrogens (tertiary/aromatic N) is 6. The van der Waals surface area contributed by atoms with Crippen molar-refractivity contribution in [1.29, 1.82) is 0 Å². The zero-order valence-electron chi connectivity index (χ0n) is 22.9. The van der Waals surface area contributed by atoms with Gasteiger partial charge in [-0.25, -0.2) is 24.4 Å². The van der Waals surface area contributed by atoms with Crippen LogP contribution in [-0.2, 0) is 4.74 Å². The van der Waals surface area contributed by atoms with Gasteiger partial charge in [0.15, 0.2) is 17.3 Å². The molecule has 2 aromatic heterocycles. The van der Waals surface area contributed by atoms with E-state index in [4.69, 9.17) is 27.1 Å². The van der Waals surface area contributed by atoms with Crippen LogP contribution in [0.2, 0.25) is 5.02 Å². The first-order chi connectivity index (χ1) is 18.3. The highest BCUT2D eigenvalue weighted by Gasteiger charge is 2.30. The molecule has 0 spiro atoms. The van der Waals surface area contributed by atoms with Crippen LogP contribution in [-0.4, -0.2) is 68.3 Å². The molecule has 0 bridgehead atoms. The van der Waals surface area contributed by atoms with Gasteiger partial charge in [0, 0.05) is 13.1 Å². The molecule has 208 valence electrons. The lowest BCUT2D eigenvalue weighted by molar-refractivity contribution is 0.0231. The molecule has 1 aromatic carbocycles. The summed E-state index contributed by atoms with van der Waals surface area (Å²) >= 11 is 6.40. The average Bonchev–Trinajstić information content (AvgIpc) is 2.85. The van der Waals surface area contributed by atoms with E-state index in [-0.39, 0.29) is 27.5 Å². The smallest absolute Gasteiger partial charge is 0.410 e. The molecular formula is C26H33ClN8O4. The molecule has 3 N–H and O–H groups in total. The Labute approximate surface area is 231 Å². The van der Waals surface area contributed by atoms with Crippen LogP contribution >= 0.6 is 11.6 Å². The van der Waals surface area contributed by atoms with Gasteiger partial charge in [0.05, 0.1) is 46.4 Å². The fraction of sp³-hybridized carbons (Fsp3) is 0.462. The molecule has 1 atom stereocenters. The summed E-state index contributed by atoms with van der Waals surface area (Å²) in [6.07, 6.45) is -0.415. The number of benzene rings is 1. The van der Waals surface area contributed by atoms with Crippen molar-refractivity contribution in [2.24, 2.45) is 0 Å². The van der Waals surface area contributed by atoms with Crippen LogP contribution in [0.15, 0.2) is 23.0 Å². The van der Waals surface area contributed by atoms with Crippen molar-refractivity contribution >= 4 is 40.3 Å². The van der Waals surface area contributed by atoms with Gasteiger partial charge in [0.25, 0.3) is 11.5 Å². The van der Waals surface area contributed by atoms with Crippen LogP contribution in [0.1, 0.15) is 61.4 Å². The Kier molecular flexibility index (Phi) is 7.69. The molecule has 2 amide bonds. The summed E-state index contributed by atoms with van der Waals surface area (Å²) in [5, 5.41) is 5.18. The number of fused-ring (bicyclic) bond motifs is 1. The van der Waals surface area contributed by atoms with Crippen molar-refractivity contribution in [2.75, 3.05) is 36.9 Å². The van der Waals surface area contributed by atoms with Gasteiger partial charge in [-0.2, -0.15) is 0 Å². The second-order valence-corrected chi connectivity index (χ2v) is 10.9. The number of hydrogen-bond donors (Lipinski definition) is 2. The molecule has 4 rings (SSSR count). The van der Waals surface area contributed by atoms with Gasteiger partial charge in [-0.15, -0.1) is 0 Å². The highest BCUT2D eigenvalue weighted by Crippen LogP contribution is 2.22. The summed E-state index contributed by atoms with van der Waals surface area (Å²) in [6, 6.07) is 4.31. The van der Waals surface area contributed by atoms with Crippen LogP contribution in [0.5, 0.6) is 0 Å². The molecule has 39 heavy (non-hydrogen) atoms. The lowest BCUT2D eigenvalue weighted by atomic mass is 10.2. The van der Waals surface area contributed by atoms with E-state index in [1.165, 1.54) is 4.68 Å². The zero-order chi connectivity index (χ0) is 28.6. The van der Waals surface area contributed by atoms with Crippen molar-refractivity contribution < 1.29 is 14.3 Å². The third-order valence-electron chi connectivity index (χ3n) is 6.32. The lowest BCUT2D eigenvalue weighted by Gasteiger charge is -2.38. The topological polar surface area (TPSA) is 149 Å². The van der Waals surface area contributed by atoms with Crippen molar-refractivity contribution in [1.82, 2.24) is 29.8 Å². The van der Waals surface area contributed by atoms with Crippen molar-refractivity contribution in [2.45, 2.75) is 53.2 Å². The number of rotatable bonds is 4. The molecule has 1 aliphatic heterocycles. The molecule has 3 aromatic rings. The Balaban J connectivity index is 1.68. The first-order valence-electron chi connectivity index (χ1n) is 12.6. The summed E-state index contributed by atoms with van der Waals surface area (Å²) < 4.78 is 6.92. The maximum absolute atomic E-state index is 13.8. The predicted octanol–water partition coefficient (Wildman–Crippen LogP) is 2.72. The van der Waals surface area contributed by atoms with Gasteiger partial charge in [0.2, 0.25) is 0 Å². The minimum atomic E-state index is -0.722. The largest absolute Gasteiger partial charge is 0.444 e. The van der Waals surface area contributed by atoms with Crippen LogP contribution in [0.25, 0.3) is 10.9 Å². The summed E-state index contributed by atoms with van der Waals surface area (Å²) in [6.45, 7) is 12.0. The predicted molar refractivity (Wildman–Crippen MR) is 149 cm³/mol.